The van der Waals surface area contributed by atoms with Crippen LogP contribution in [0.2, 0.25) is 0 Å². The monoisotopic (exact) mass is 484 g/mol. The molecule has 0 amide bonds. The van der Waals surface area contributed by atoms with E-state index in [-0.39, 0.29) is 6.54 Å². The second-order valence-electron chi connectivity index (χ2n) is 11.0. The molecule has 0 saturated heterocycles. The number of quaternary nitrogens is 1. The summed E-state index contributed by atoms with van der Waals surface area (Å²) in [5, 5.41) is 19.3. The van der Waals surface area contributed by atoms with E-state index in [0.717, 1.165) is 19.3 Å². The fourth-order valence-corrected chi connectivity index (χ4v) is 3.63. The van der Waals surface area contributed by atoms with Gasteiger partial charge in [-0.05, 0) is 53.1 Å². The first-order valence-corrected chi connectivity index (χ1v) is 13.4. The van der Waals surface area contributed by atoms with Crippen molar-refractivity contribution in [3.8, 4) is 0 Å². The number of carboxylic acids is 2. The Hall–Kier alpha value is -1.40. The van der Waals surface area contributed by atoms with Crippen molar-refractivity contribution < 1.29 is 24.3 Å². The third-order valence-electron chi connectivity index (χ3n) is 6.23. The predicted octanol–water partition coefficient (Wildman–Crippen LogP) is 5.26. The Labute approximate surface area is 211 Å². The minimum atomic E-state index is -1.00. The zero-order valence-corrected chi connectivity index (χ0v) is 23.5. The Kier molecular flexibility index (Phi) is 21.4. The van der Waals surface area contributed by atoms with Crippen LogP contribution < -0.4 is 5.11 Å². The van der Waals surface area contributed by atoms with Crippen LogP contribution in [0.4, 0.5) is 0 Å². The van der Waals surface area contributed by atoms with Gasteiger partial charge in [0.25, 0.3) is 0 Å². The molecule has 1 unspecified atom stereocenters. The van der Waals surface area contributed by atoms with Gasteiger partial charge in [0.15, 0.2) is 0 Å². The lowest BCUT2D eigenvalue weighted by Gasteiger charge is -2.32. The molecule has 0 aliphatic rings. The number of unbranched alkanes of at least 4 members (excludes halogenated alkanes) is 12. The van der Waals surface area contributed by atoms with E-state index in [9.17, 15) is 19.8 Å². The molecule has 0 aliphatic heterocycles. The minimum Gasteiger partial charge on any atom is -0.544 e. The summed E-state index contributed by atoms with van der Waals surface area (Å²) >= 11 is 0. The van der Waals surface area contributed by atoms with Crippen molar-refractivity contribution in [2.75, 3.05) is 41.8 Å². The van der Waals surface area contributed by atoms with Crippen LogP contribution in [0.15, 0.2) is 12.2 Å². The standard InChI is InChI=1S/C23H45NO2.C5H11NO2/c1-5-6-7-8-9-10-11-12-13-14-15-16-17-18-19-20-21-23(2,22(25)26)24(3)4;1-6(2,3)4-5(7)8/h12-13H,5-11,14-21H2,1-4H3,(H,25,26);4H2,1-3H3/b13-12-;. The van der Waals surface area contributed by atoms with Crippen molar-refractivity contribution in [2.24, 2.45) is 0 Å². The molecule has 0 bridgehead atoms. The molecule has 6 nitrogen and oxygen atoms in total. The second kappa shape index (κ2) is 20.9. The van der Waals surface area contributed by atoms with Gasteiger partial charge in [0, 0.05) is 0 Å². The molecule has 0 aromatic rings. The van der Waals surface area contributed by atoms with Gasteiger partial charge in [0.2, 0.25) is 0 Å². The van der Waals surface area contributed by atoms with E-state index in [1.807, 2.05) is 25.9 Å². The summed E-state index contributed by atoms with van der Waals surface area (Å²) in [6, 6.07) is 0. The molecule has 1 atom stereocenters. The van der Waals surface area contributed by atoms with Crippen molar-refractivity contribution >= 4 is 11.9 Å². The lowest BCUT2D eigenvalue weighted by Crippen LogP contribution is -2.48. The first-order chi connectivity index (χ1) is 15.9. The summed E-state index contributed by atoms with van der Waals surface area (Å²) in [5.41, 5.74) is -0.721. The number of likely N-dealkylation sites (N-methyl/N-ethyl adjacent to an activating group) is 2. The summed E-state index contributed by atoms with van der Waals surface area (Å²) < 4.78 is 0.419. The average molecular weight is 485 g/mol. The maximum Gasteiger partial charge on any atom is 0.323 e. The van der Waals surface area contributed by atoms with E-state index in [0.29, 0.717) is 4.48 Å². The van der Waals surface area contributed by atoms with E-state index >= 15 is 0 Å². The van der Waals surface area contributed by atoms with Crippen LogP contribution in [0, 0.1) is 0 Å². The van der Waals surface area contributed by atoms with Crippen LogP contribution in [0.1, 0.15) is 110 Å². The summed E-state index contributed by atoms with van der Waals surface area (Å²) in [7, 11) is 9.11. The first kappa shape index (κ1) is 34.8. The zero-order chi connectivity index (χ0) is 26.5. The quantitative estimate of drug-likeness (QED) is 0.145. The predicted molar refractivity (Wildman–Crippen MR) is 142 cm³/mol. The topological polar surface area (TPSA) is 80.7 Å². The molecule has 0 heterocycles. The van der Waals surface area contributed by atoms with Crippen molar-refractivity contribution in [3.05, 3.63) is 12.2 Å². The number of allylic oxidation sites excluding steroid dienone is 2. The van der Waals surface area contributed by atoms with Crippen LogP contribution in [0.3, 0.4) is 0 Å². The number of nitrogens with zero attached hydrogens (tertiary/aromatic N) is 2. The van der Waals surface area contributed by atoms with Gasteiger partial charge in [-0.3, -0.25) is 9.69 Å². The highest BCUT2D eigenvalue weighted by Crippen LogP contribution is 2.21. The van der Waals surface area contributed by atoms with Gasteiger partial charge in [0.05, 0.1) is 27.1 Å². The number of carbonyl (C=O) groups is 2. The zero-order valence-electron chi connectivity index (χ0n) is 23.5. The Morgan fingerprint density at radius 1 is 0.824 bits per heavy atom. The highest BCUT2D eigenvalue weighted by Gasteiger charge is 2.34. The van der Waals surface area contributed by atoms with E-state index in [4.69, 9.17) is 0 Å². The highest BCUT2D eigenvalue weighted by atomic mass is 16.4. The fourth-order valence-electron chi connectivity index (χ4n) is 3.63. The van der Waals surface area contributed by atoms with Gasteiger partial charge in [-0.15, -0.1) is 0 Å². The van der Waals surface area contributed by atoms with Gasteiger partial charge in [0.1, 0.15) is 12.1 Å². The molecule has 0 spiro atoms. The fraction of sp³-hybridized carbons (Fsp3) is 0.857. The van der Waals surface area contributed by atoms with E-state index in [2.05, 4.69) is 19.1 Å². The molecular weight excluding hydrogens is 428 g/mol. The summed E-state index contributed by atoms with van der Waals surface area (Å²) in [4.78, 5) is 23.1. The number of hydrogen-bond acceptors (Lipinski definition) is 4. The maximum absolute atomic E-state index is 11.4. The van der Waals surface area contributed by atoms with Crippen molar-refractivity contribution in [1.82, 2.24) is 4.90 Å². The molecular formula is C28H56N2O4. The normalized spacial score (nSPS) is 13.5. The van der Waals surface area contributed by atoms with Gasteiger partial charge >= 0.3 is 5.97 Å². The van der Waals surface area contributed by atoms with Crippen LogP contribution in [-0.4, -0.2) is 73.8 Å². The molecule has 0 radical (unpaired) electrons. The number of rotatable bonds is 20. The molecule has 0 saturated carbocycles. The molecule has 1 N–H and O–H groups in total. The molecule has 0 aromatic carbocycles. The van der Waals surface area contributed by atoms with E-state index in [1.165, 1.54) is 77.0 Å². The van der Waals surface area contributed by atoms with Crippen LogP contribution >= 0.6 is 0 Å². The lowest BCUT2D eigenvalue weighted by molar-refractivity contribution is -0.864. The van der Waals surface area contributed by atoms with Crippen molar-refractivity contribution in [1.29, 1.82) is 0 Å². The van der Waals surface area contributed by atoms with Gasteiger partial charge < -0.3 is 19.5 Å². The average Bonchev–Trinajstić information content (AvgIpc) is 2.71. The van der Waals surface area contributed by atoms with Crippen LogP contribution in [-0.2, 0) is 9.59 Å². The van der Waals surface area contributed by atoms with Crippen LogP contribution in [0.25, 0.3) is 0 Å². The SMILES string of the molecule is CCCCCCCC/C=C\CCCCCCCCC(C)(C(=O)O)N(C)C.C[N+](C)(C)CC(=O)[O-]. The first-order valence-electron chi connectivity index (χ1n) is 13.4. The lowest BCUT2D eigenvalue weighted by atomic mass is 9.93. The molecule has 6 heteroatoms. The Balaban J connectivity index is 0. The smallest absolute Gasteiger partial charge is 0.323 e. The molecule has 0 aromatic heterocycles. The Morgan fingerprint density at radius 3 is 1.56 bits per heavy atom. The molecule has 202 valence electrons. The third kappa shape index (κ3) is 22.4. The number of carboxylic acid groups (broad SMARTS) is 2. The third-order valence-corrected chi connectivity index (χ3v) is 6.23. The Bertz CT molecular complexity index is 541. The van der Waals surface area contributed by atoms with Crippen molar-refractivity contribution in [3.63, 3.8) is 0 Å². The number of carbonyl (C=O) groups excluding carboxylic acids is 1. The molecule has 0 fully saturated rings. The highest BCUT2D eigenvalue weighted by molar-refractivity contribution is 5.78. The van der Waals surface area contributed by atoms with Gasteiger partial charge in [-0.25, -0.2) is 0 Å². The molecule has 0 aliphatic carbocycles. The summed E-state index contributed by atoms with van der Waals surface area (Å²) in [6.45, 7) is 4.16. The van der Waals surface area contributed by atoms with Gasteiger partial charge in [-0.1, -0.05) is 83.3 Å². The number of aliphatic carboxylic acids is 2. The maximum atomic E-state index is 11.4. The second-order valence-corrected chi connectivity index (χ2v) is 11.0. The molecule has 34 heavy (non-hydrogen) atoms. The largest absolute Gasteiger partial charge is 0.544 e. The molecule has 0 rings (SSSR count). The van der Waals surface area contributed by atoms with Gasteiger partial charge in [-0.2, -0.15) is 0 Å². The van der Waals surface area contributed by atoms with Crippen molar-refractivity contribution in [2.45, 2.75) is 116 Å². The van der Waals surface area contributed by atoms with Crippen LogP contribution in [0.5, 0.6) is 0 Å². The van der Waals surface area contributed by atoms with E-state index in [1.54, 1.807) is 21.1 Å². The Morgan fingerprint density at radius 2 is 1.24 bits per heavy atom. The summed E-state index contributed by atoms with van der Waals surface area (Å²) in [6.07, 6.45) is 23.4. The number of hydrogen-bond donors (Lipinski definition) is 1. The minimum absolute atomic E-state index is 0.0694. The van der Waals surface area contributed by atoms with E-state index < -0.39 is 17.5 Å². The summed E-state index contributed by atoms with van der Waals surface area (Å²) in [5.74, 6) is -1.72.